The zero-order chi connectivity index (χ0) is 18.6. The molecular formula is C17H17FN2O5S. The van der Waals surface area contributed by atoms with Gasteiger partial charge < -0.3 is 14.8 Å². The van der Waals surface area contributed by atoms with Crippen LogP contribution in [0.1, 0.15) is 6.42 Å². The Labute approximate surface area is 150 Å². The summed E-state index contributed by atoms with van der Waals surface area (Å²) in [5, 5.41) is 2.56. The number of sulfonamides is 1. The van der Waals surface area contributed by atoms with E-state index in [1.807, 2.05) is 0 Å². The minimum Gasteiger partial charge on any atom is -0.486 e. The first kappa shape index (κ1) is 18.2. The number of rotatable bonds is 6. The number of carbonyl (C=O) groups excluding carboxylic acids is 1. The van der Waals surface area contributed by atoms with Crippen LogP contribution in [0.4, 0.5) is 10.1 Å². The van der Waals surface area contributed by atoms with Gasteiger partial charge in [0.15, 0.2) is 11.5 Å². The third kappa shape index (κ3) is 4.50. The molecule has 2 N–H and O–H groups in total. The highest BCUT2D eigenvalue weighted by Gasteiger charge is 2.19. The summed E-state index contributed by atoms with van der Waals surface area (Å²) in [4.78, 5) is 11.9. The minimum absolute atomic E-state index is 0.0284. The van der Waals surface area contributed by atoms with E-state index < -0.39 is 15.8 Å². The molecule has 0 saturated carbocycles. The van der Waals surface area contributed by atoms with Crippen LogP contribution in [0.3, 0.4) is 0 Å². The van der Waals surface area contributed by atoms with Gasteiger partial charge in [0.25, 0.3) is 0 Å². The third-order valence-electron chi connectivity index (χ3n) is 3.60. The molecule has 0 atom stereocenters. The SMILES string of the molecule is O=C(CCNS(=O)(=O)c1ccc2c(c1)OCCO2)Nc1ccc(F)cc1. The second-order valence-electron chi connectivity index (χ2n) is 5.51. The van der Waals surface area contributed by atoms with Crippen molar-refractivity contribution in [3.63, 3.8) is 0 Å². The van der Waals surface area contributed by atoms with Crippen molar-refractivity contribution in [1.82, 2.24) is 4.72 Å². The molecule has 2 aromatic rings. The molecule has 138 valence electrons. The molecule has 9 heteroatoms. The number of anilines is 1. The average molecular weight is 380 g/mol. The van der Waals surface area contributed by atoms with Crippen LogP contribution in [-0.2, 0) is 14.8 Å². The van der Waals surface area contributed by atoms with Gasteiger partial charge in [-0.1, -0.05) is 0 Å². The third-order valence-corrected chi connectivity index (χ3v) is 5.05. The summed E-state index contributed by atoms with van der Waals surface area (Å²) in [5.74, 6) is 0.0683. The monoisotopic (exact) mass is 380 g/mol. The summed E-state index contributed by atoms with van der Waals surface area (Å²) in [6, 6.07) is 9.62. The highest BCUT2D eigenvalue weighted by Crippen LogP contribution is 2.32. The number of hydrogen-bond donors (Lipinski definition) is 2. The Bertz CT molecular complexity index is 900. The molecular weight excluding hydrogens is 363 g/mol. The standard InChI is InChI=1S/C17H17FN2O5S/c18-12-1-3-13(4-2-12)20-17(21)7-8-19-26(22,23)14-5-6-15-16(11-14)25-10-9-24-15/h1-6,11,19H,7-10H2,(H,20,21). The van der Waals surface area contributed by atoms with Gasteiger partial charge in [0, 0.05) is 24.7 Å². The second kappa shape index (κ2) is 7.71. The fourth-order valence-electron chi connectivity index (χ4n) is 2.33. The Balaban J connectivity index is 1.55. The van der Waals surface area contributed by atoms with Crippen LogP contribution in [0.2, 0.25) is 0 Å². The first-order chi connectivity index (χ1) is 12.4. The molecule has 0 aromatic heterocycles. The van der Waals surface area contributed by atoms with Gasteiger partial charge in [0.2, 0.25) is 15.9 Å². The molecule has 0 saturated heterocycles. The van der Waals surface area contributed by atoms with E-state index in [0.29, 0.717) is 30.4 Å². The second-order valence-corrected chi connectivity index (χ2v) is 7.28. The van der Waals surface area contributed by atoms with Crippen molar-refractivity contribution < 1.29 is 27.1 Å². The Morgan fingerprint density at radius 2 is 1.73 bits per heavy atom. The molecule has 0 unspecified atom stereocenters. The lowest BCUT2D eigenvalue weighted by Crippen LogP contribution is -2.28. The van der Waals surface area contributed by atoms with Gasteiger partial charge in [0.1, 0.15) is 19.0 Å². The average Bonchev–Trinajstić information content (AvgIpc) is 2.63. The maximum Gasteiger partial charge on any atom is 0.240 e. The van der Waals surface area contributed by atoms with Crippen LogP contribution in [0, 0.1) is 5.82 Å². The molecule has 0 spiro atoms. The lowest BCUT2D eigenvalue weighted by molar-refractivity contribution is -0.116. The van der Waals surface area contributed by atoms with E-state index in [2.05, 4.69) is 10.0 Å². The fraction of sp³-hybridized carbons (Fsp3) is 0.235. The number of nitrogens with one attached hydrogen (secondary N) is 2. The summed E-state index contributed by atoms with van der Waals surface area (Å²) >= 11 is 0. The number of carbonyl (C=O) groups is 1. The molecule has 26 heavy (non-hydrogen) atoms. The van der Waals surface area contributed by atoms with Crippen molar-refractivity contribution in [2.24, 2.45) is 0 Å². The van der Waals surface area contributed by atoms with Crippen molar-refractivity contribution in [2.45, 2.75) is 11.3 Å². The van der Waals surface area contributed by atoms with Crippen LogP contribution in [0.5, 0.6) is 11.5 Å². The summed E-state index contributed by atoms with van der Waals surface area (Å²) < 4.78 is 50.5. The van der Waals surface area contributed by atoms with Gasteiger partial charge >= 0.3 is 0 Å². The lowest BCUT2D eigenvalue weighted by atomic mass is 10.3. The van der Waals surface area contributed by atoms with E-state index in [9.17, 15) is 17.6 Å². The predicted molar refractivity (Wildman–Crippen MR) is 92.3 cm³/mol. The summed E-state index contributed by atoms with van der Waals surface area (Å²) in [5.41, 5.74) is 0.436. The van der Waals surface area contributed by atoms with E-state index in [1.54, 1.807) is 0 Å². The lowest BCUT2D eigenvalue weighted by Gasteiger charge is -2.18. The number of ether oxygens (including phenoxy) is 2. The molecule has 7 nitrogen and oxygen atoms in total. The first-order valence-electron chi connectivity index (χ1n) is 7.89. The van der Waals surface area contributed by atoms with Crippen molar-refractivity contribution in [3.05, 3.63) is 48.3 Å². The molecule has 0 aliphatic carbocycles. The van der Waals surface area contributed by atoms with Crippen molar-refractivity contribution in [3.8, 4) is 11.5 Å². The highest BCUT2D eigenvalue weighted by atomic mass is 32.2. The molecule has 0 fully saturated rings. The van der Waals surface area contributed by atoms with E-state index in [-0.39, 0.29) is 23.8 Å². The zero-order valence-corrected chi connectivity index (χ0v) is 14.5. The van der Waals surface area contributed by atoms with Gasteiger partial charge in [-0.2, -0.15) is 0 Å². The molecule has 3 rings (SSSR count). The van der Waals surface area contributed by atoms with E-state index in [4.69, 9.17) is 9.47 Å². The maximum atomic E-state index is 12.8. The Kier molecular flexibility index (Phi) is 5.38. The molecule has 1 aliphatic heterocycles. The van der Waals surface area contributed by atoms with E-state index in [1.165, 1.54) is 42.5 Å². The molecule has 0 bridgehead atoms. The van der Waals surface area contributed by atoms with Crippen molar-refractivity contribution in [1.29, 1.82) is 0 Å². The smallest absolute Gasteiger partial charge is 0.240 e. The van der Waals surface area contributed by atoms with Crippen molar-refractivity contribution in [2.75, 3.05) is 25.1 Å². The largest absolute Gasteiger partial charge is 0.486 e. The van der Waals surface area contributed by atoms with Crippen LogP contribution in [-0.4, -0.2) is 34.1 Å². The van der Waals surface area contributed by atoms with Gasteiger partial charge in [-0.3, -0.25) is 4.79 Å². The van der Waals surface area contributed by atoms with E-state index in [0.717, 1.165) is 0 Å². The van der Waals surface area contributed by atoms with Crippen molar-refractivity contribution >= 4 is 21.6 Å². The number of fused-ring (bicyclic) bond motifs is 1. The molecule has 1 aliphatic rings. The number of halogens is 1. The van der Waals surface area contributed by atoms with Gasteiger partial charge in [-0.15, -0.1) is 0 Å². The quantitative estimate of drug-likeness (QED) is 0.798. The normalized spacial score (nSPS) is 13.3. The van der Waals surface area contributed by atoms with E-state index >= 15 is 0 Å². The maximum absolute atomic E-state index is 12.8. The Hall–Kier alpha value is -2.65. The highest BCUT2D eigenvalue weighted by molar-refractivity contribution is 7.89. The first-order valence-corrected chi connectivity index (χ1v) is 9.37. The Morgan fingerprint density at radius 1 is 1.04 bits per heavy atom. The number of benzene rings is 2. The van der Waals surface area contributed by atoms with Gasteiger partial charge in [-0.25, -0.2) is 17.5 Å². The molecule has 1 amide bonds. The Morgan fingerprint density at radius 3 is 2.46 bits per heavy atom. The van der Waals surface area contributed by atoms with Gasteiger partial charge in [-0.05, 0) is 36.4 Å². The fourth-order valence-corrected chi connectivity index (χ4v) is 3.38. The molecule has 1 heterocycles. The number of amides is 1. The van der Waals surface area contributed by atoms with Crippen LogP contribution >= 0.6 is 0 Å². The predicted octanol–water partition coefficient (Wildman–Crippen LogP) is 1.90. The molecule has 2 aromatic carbocycles. The zero-order valence-electron chi connectivity index (χ0n) is 13.7. The summed E-state index contributed by atoms with van der Waals surface area (Å²) in [6.07, 6.45) is -0.0683. The molecule has 0 radical (unpaired) electrons. The summed E-state index contributed by atoms with van der Waals surface area (Å²) in [7, 11) is -3.78. The topological polar surface area (TPSA) is 93.7 Å². The van der Waals surface area contributed by atoms with Crippen LogP contribution in [0.25, 0.3) is 0 Å². The number of hydrogen-bond acceptors (Lipinski definition) is 5. The van der Waals surface area contributed by atoms with Crippen LogP contribution < -0.4 is 19.5 Å². The van der Waals surface area contributed by atoms with Gasteiger partial charge in [0.05, 0.1) is 4.90 Å². The minimum atomic E-state index is -3.78. The van der Waals surface area contributed by atoms with Crippen LogP contribution in [0.15, 0.2) is 47.4 Å². The summed E-state index contributed by atoms with van der Waals surface area (Å²) in [6.45, 7) is 0.692.